The fraction of sp³-hybridized carbons (Fsp3) is 0.600. The van der Waals surface area contributed by atoms with Gasteiger partial charge >= 0.3 is 0 Å². The first kappa shape index (κ1) is 17.2. The minimum atomic E-state index is -0.0849. The first-order valence-electron chi connectivity index (χ1n) is 7.59. The molecule has 2 unspecified atom stereocenters. The summed E-state index contributed by atoms with van der Waals surface area (Å²) in [4.78, 5) is 27.0. The lowest BCUT2D eigenvalue weighted by molar-refractivity contribution is -0.133. The molecule has 7 heteroatoms. The molecular formula is C15H22ClN3O2S. The summed E-state index contributed by atoms with van der Waals surface area (Å²) in [6, 6.07) is 4.39. The largest absolute Gasteiger partial charge is 0.351 e. The lowest BCUT2D eigenvalue weighted by Gasteiger charge is -2.28. The Morgan fingerprint density at radius 2 is 2.14 bits per heavy atom. The highest BCUT2D eigenvalue weighted by Gasteiger charge is 2.37. The number of carbonyl (C=O) groups excluding carboxylic acids is 2. The van der Waals surface area contributed by atoms with Gasteiger partial charge in [-0.15, -0.1) is 23.7 Å². The summed E-state index contributed by atoms with van der Waals surface area (Å²) >= 11 is 1.42. The summed E-state index contributed by atoms with van der Waals surface area (Å²) in [5.74, 6) is 0.0935. The third-order valence-corrected chi connectivity index (χ3v) is 5.18. The number of nitrogens with zero attached hydrogens (tertiary/aromatic N) is 1. The molecule has 3 heterocycles. The van der Waals surface area contributed by atoms with Crippen LogP contribution in [-0.2, 0) is 4.79 Å². The Kier molecular flexibility index (Phi) is 6.23. The molecule has 22 heavy (non-hydrogen) atoms. The maximum atomic E-state index is 12.4. The molecule has 0 spiro atoms. The second-order valence-corrected chi connectivity index (χ2v) is 6.61. The molecule has 2 fully saturated rings. The molecule has 2 atom stereocenters. The lowest BCUT2D eigenvalue weighted by atomic mass is 10.1. The second-order valence-electron chi connectivity index (χ2n) is 5.66. The molecule has 2 aliphatic heterocycles. The van der Waals surface area contributed by atoms with Crippen LogP contribution in [0, 0.1) is 0 Å². The van der Waals surface area contributed by atoms with Crippen LogP contribution in [0.3, 0.4) is 0 Å². The zero-order valence-corrected chi connectivity index (χ0v) is 14.0. The van der Waals surface area contributed by atoms with Crippen LogP contribution in [-0.4, -0.2) is 48.4 Å². The fourth-order valence-corrected chi connectivity index (χ4v) is 3.94. The van der Waals surface area contributed by atoms with E-state index >= 15 is 0 Å². The van der Waals surface area contributed by atoms with Crippen molar-refractivity contribution in [3.8, 4) is 0 Å². The molecule has 2 N–H and O–H groups in total. The predicted octanol–water partition coefficient (Wildman–Crippen LogP) is 1.64. The van der Waals surface area contributed by atoms with E-state index in [-0.39, 0.29) is 24.2 Å². The molecule has 2 aliphatic rings. The molecule has 1 aromatic rings. The molecule has 0 aromatic carbocycles. The molecule has 5 nitrogen and oxygen atoms in total. The molecule has 2 bridgehead atoms. The fourth-order valence-electron chi connectivity index (χ4n) is 3.30. The second kappa shape index (κ2) is 7.94. The van der Waals surface area contributed by atoms with Crippen LogP contribution in [0.4, 0.5) is 0 Å². The van der Waals surface area contributed by atoms with Crippen LogP contribution >= 0.6 is 23.7 Å². The van der Waals surface area contributed by atoms with Gasteiger partial charge in [0.05, 0.1) is 4.88 Å². The summed E-state index contributed by atoms with van der Waals surface area (Å²) in [6.45, 7) is 2.32. The van der Waals surface area contributed by atoms with Crippen LogP contribution in [0.1, 0.15) is 35.4 Å². The Balaban J connectivity index is 0.00000176. The Bertz CT molecular complexity index is 495. The van der Waals surface area contributed by atoms with Gasteiger partial charge in [0.1, 0.15) is 0 Å². The number of fused-ring (bicyclic) bond motifs is 2. The van der Waals surface area contributed by atoms with Crippen LogP contribution in [0.2, 0.25) is 0 Å². The van der Waals surface area contributed by atoms with Crippen molar-refractivity contribution in [2.24, 2.45) is 0 Å². The van der Waals surface area contributed by atoms with Gasteiger partial charge in [-0.1, -0.05) is 6.07 Å². The summed E-state index contributed by atoms with van der Waals surface area (Å²) in [7, 11) is 0. The number of halogens is 1. The molecule has 122 valence electrons. The molecule has 0 aliphatic carbocycles. The van der Waals surface area contributed by atoms with E-state index in [1.54, 1.807) is 6.07 Å². The third kappa shape index (κ3) is 3.80. The van der Waals surface area contributed by atoms with E-state index in [4.69, 9.17) is 0 Å². The van der Waals surface area contributed by atoms with Crippen molar-refractivity contribution in [1.29, 1.82) is 0 Å². The van der Waals surface area contributed by atoms with Gasteiger partial charge in [0.15, 0.2) is 0 Å². The van der Waals surface area contributed by atoms with Gasteiger partial charge in [0, 0.05) is 31.6 Å². The Morgan fingerprint density at radius 1 is 1.32 bits per heavy atom. The predicted molar refractivity (Wildman–Crippen MR) is 89.7 cm³/mol. The summed E-state index contributed by atoms with van der Waals surface area (Å²) in [6.07, 6.45) is 3.67. The standard InChI is InChI=1S/C15H21N3O2S.ClH/c19-14(6-8-17-15(20)13-2-1-9-21-13)18-11-3-4-12(18)10-16-7-5-11;/h1-2,9,11-12,16H,3-8,10H2,(H,17,20);1H. The first-order chi connectivity index (χ1) is 10.3. The zero-order chi connectivity index (χ0) is 14.7. The number of nitrogens with one attached hydrogen (secondary N) is 2. The van der Waals surface area contributed by atoms with Crippen LogP contribution in [0.15, 0.2) is 17.5 Å². The molecule has 2 saturated heterocycles. The van der Waals surface area contributed by atoms with E-state index < -0.39 is 0 Å². The monoisotopic (exact) mass is 343 g/mol. The van der Waals surface area contributed by atoms with Crippen molar-refractivity contribution in [2.45, 2.75) is 37.8 Å². The van der Waals surface area contributed by atoms with Gasteiger partial charge in [-0.25, -0.2) is 0 Å². The highest BCUT2D eigenvalue weighted by molar-refractivity contribution is 7.12. The minimum absolute atomic E-state index is 0. The van der Waals surface area contributed by atoms with Gasteiger partial charge in [0.25, 0.3) is 5.91 Å². The molecule has 1 aromatic heterocycles. The maximum absolute atomic E-state index is 12.4. The van der Waals surface area contributed by atoms with E-state index in [0.29, 0.717) is 29.9 Å². The van der Waals surface area contributed by atoms with E-state index in [0.717, 1.165) is 32.4 Å². The number of hydrogen-bond donors (Lipinski definition) is 2. The van der Waals surface area contributed by atoms with Crippen molar-refractivity contribution in [1.82, 2.24) is 15.5 Å². The van der Waals surface area contributed by atoms with Gasteiger partial charge in [0.2, 0.25) is 5.91 Å². The smallest absolute Gasteiger partial charge is 0.261 e. The van der Waals surface area contributed by atoms with Gasteiger partial charge in [-0.2, -0.15) is 0 Å². The Labute approximate surface area is 140 Å². The van der Waals surface area contributed by atoms with Crippen molar-refractivity contribution in [3.05, 3.63) is 22.4 Å². The topological polar surface area (TPSA) is 61.4 Å². The number of thiophene rings is 1. The number of rotatable bonds is 4. The quantitative estimate of drug-likeness (QED) is 0.873. The average molecular weight is 344 g/mol. The van der Waals surface area contributed by atoms with Crippen LogP contribution in [0.5, 0.6) is 0 Å². The summed E-state index contributed by atoms with van der Waals surface area (Å²) < 4.78 is 0. The number of carbonyl (C=O) groups is 2. The van der Waals surface area contributed by atoms with Gasteiger partial charge in [-0.3, -0.25) is 9.59 Å². The van der Waals surface area contributed by atoms with E-state index in [1.165, 1.54) is 11.3 Å². The van der Waals surface area contributed by atoms with Crippen molar-refractivity contribution in [3.63, 3.8) is 0 Å². The molecule has 2 amide bonds. The average Bonchev–Trinajstić information content (AvgIpc) is 3.05. The maximum Gasteiger partial charge on any atom is 0.261 e. The number of amides is 2. The minimum Gasteiger partial charge on any atom is -0.351 e. The normalized spacial score (nSPS) is 23.5. The van der Waals surface area contributed by atoms with Crippen LogP contribution in [0.25, 0.3) is 0 Å². The van der Waals surface area contributed by atoms with Gasteiger partial charge < -0.3 is 15.5 Å². The lowest BCUT2D eigenvalue weighted by Crippen LogP contribution is -2.43. The van der Waals surface area contributed by atoms with Crippen molar-refractivity contribution in [2.75, 3.05) is 19.6 Å². The van der Waals surface area contributed by atoms with Gasteiger partial charge in [-0.05, 0) is 37.3 Å². The number of hydrogen-bond acceptors (Lipinski definition) is 4. The zero-order valence-electron chi connectivity index (χ0n) is 12.4. The Hall–Kier alpha value is -1.11. The molecule has 3 rings (SSSR count). The summed E-state index contributed by atoms with van der Waals surface area (Å²) in [5, 5.41) is 8.10. The molecule has 0 saturated carbocycles. The van der Waals surface area contributed by atoms with Crippen molar-refractivity contribution < 1.29 is 9.59 Å². The molecular weight excluding hydrogens is 322 g/mol. The molecule has 0 radical (unpaired) electrons. The summed E-state index contributed by atoms with van der Waals surface area (Å²) in [5.41, 5.74) is 0. The van der Waals surface area contributed by atoms with Crippen molar-refractivity contribution >= 4 is 35.6 Å². The SMILES string of the molecule is Cl.O=C(NCCC(=O)N1C2CCNCC1CC2)c1cccs1. The Morgan fingerprint density at radius 3 is 2.91 bits per heavy atom. The van der Waals surface area contributed by atoms with Crippen LogP contribution < -0.4 is 10.6 Å². The first-order valence-corrected chi connectivity index (χ1v) is 8.47. The van der Waals surface area contributed by atoms with E-state index in [2.05, 4.69) is 15.5 Å². The van der Waals surface area contributed by atoms with E-state index in [9.17, 15) is 9.59 Å². The van der Waals surface area contributed by atoms with E-state index in [1.807, 2.05) is 11.4 Å². The highest BCUT2D eigenvalue weighted by Crippen LogP contribution is 2.28. The highest BCUT2D eigenvalue weighted by atomic mass is 35.5. The third-order valence-electron chi connectivity index (χ3n) is 4.31.